The van der Waals surface area contributed by atoms with Crippen molar-refractivity contribution in [1.82, 2.24) is 9.55 Å². The van der Waals surface area contributed by atoms with E-state index in [2.05, 4.69) is 4.98 Å². The average Bonchev–Trinajstić information content (AvgIpc) is 2.31. The minimum absolute atomic E-state index is 0.0859. The zero-order valence-corrected chi connectivity index (χ0v) is 8.71. The lowest BCUT2D eigenvalue weighted by atomic mass is 10.1. The van der Waals surface area contributed by atoms with E-state index in [0.717, 1.165) is 5.56 Å². The predicted molar refractivity (Wildman–Crippen MR) is 61.6 cm³/mol. The van der Waals surface area contributed by atoms with Crippen LogP contribution >= 0.6 is 0 Å². The predicted octanol–water partition coefficient (Wildman–Crippen LogP) is 1.47. The second kappa shape index (κ2) is 3.99. The molecule has 0 bridgehead atoms. The van der Waals surface area contributed by atoms with Crippen molar-refractivity contribution >= 4 is 17.0 Å². The summed E-state index contributed by atoms with van der Waals surface area (Å²) in [5, 5.41) is 8.98. The zero-order valence-electron chi connectivity index (χ0n) is 8.71. The van der Waals surface area contributed by atoms with Gasteiger partial charge in [0.15, 0.2) is 0 Å². The molecule has 0 spiro atoms. The minimum atomic E-state index is -0.0859. The Labute approximate surface area is 92.1 Å². The summed E-state index contributed by atoms with van der Waals surface area (Å²) in [6.07, 6.45) is 4.53. The first kappa shape index (κ1) is 10.1. The molecule has 0 amide bonds. The molecule has 1 aromatic carbocycles. The molecular formula is C12H9N3O. The molecule has 1 heterocycles. The Bertz CT molecular complexity index is 662. The van der Waals surface area contributed by atoms with Crippen LogP contribution in [0.2, 0.25) is 0 Å². The number of rotatable bonds is 1. The maximum atomic E-state index is 11.8. The molecule has 0 saturated heterocycles. The van der Waals surface area contributed by atoms with Gasteiger partial charge in [0, 0.05) is 13.1 Å². The first-order valence-electron chi connectivity index (χ1n) is 4.74. The van der Waals surface area contributed by atoms with Gasteiger partial charge in [0.05, 0.1) is 23.3 Å². The number of nitriles is 1. The molecule has 16 heavy (non-hydrogen) atoms. The second-order valence-corrected chi connectivity index (χ2v) is 3.40. The van der Waals surface area contributed by atoms with Crippen molar-refractivity contribution in [2.24, 2.45) is 7.05 Å². The molecule has 0 saturated carbocycles. The lowest BCUT2D eigenvalue weighted by Gasteiger charge is -2.00. The number of hydrogen-bond acceptors (Lipinski definition) is 3. The van der Waals surface area contributed by atoms with E-state index in [1.807, 2.05) is 12.1 Å². The quantitative estimate of drug-likeness (QED) is 0.671. The third kappa shape index (κ3) is 1.71. The molecule has 4 heteroatoms. The fourth-order valence-electron chi connectivity index (χ4n) is 1.47. The van der Waals surface area contributed by atoms with Crippen molar-refractivity contribution in [1.29, 1.82) is 5.26 Å². The zero-order chi connectivity index (χ0) is 11.5. The molecule has 0 aliphatic carbocycles. The number of aryl methyl sites for hydroxylation is 1. The molecule has 0 N–H and O–H groups in total. The summed E-state index contributed by atoms with van der Waals surface area (Å²) in [5.74, 6) is 0. The third-order valence-corrected chi connectivity index (χ3v) is 2.29. The van der Waals surface area contributed by atoms with Crippen molar-refractivity contribution in [3.63, 3.8) is 0 Å². The third-order valence-electron chi connectivity index (χ3n) is 2.29. The van der Waals surface area contributed by atoms with Crippen molar-refractivity contribution in [2.45, 2.75) is 0 Å². The van der Waals surface area contributed by atoms with Gasteiger partial charge in [0.25, 0.3) is 5.56 Å². The lowest BCUT2D eigenvalue weighted by molar-refractivity contribution is 0.843. The van der Waals surface area contributed by atoms with Crippen LogP contribution in [-0.2, 0) is 7.05 Å². The highest BCUT2D eigenvalue weighted by Crippen LogP contribution is 2.10. The molecular weight excluding hydrogens is 202 g/mol. The summed E-state index contributed by atoms with van der Waals surface area (Å²) >= 11 is 0. The van der Waals surface area contributed by atoms with Gasteiger partial charge < -0.3 is 4.57 Å². The molecule has 78 valence electrons. The molecule has 1 aromatic heterocycles. The summed E-state index contributed by atoms with van der Waals surface area (Å²) in [4.78, 5) is 15.9. The van der Waals surface area contributed by atoms with Gasteiger partial charge in [-0.1, -0.05) is 6.07 Å². The highest BCUT2D eigenvalue weighted by Gasteiger charge is 2.01. The summed E-state index contributed by atoms with van der Waals surface area (Å²) in [6.45, 7) is 0. The highest BCUT2D eigenvalue weighted by molar-refractivity contribution is 5.80. The van der Waals surface area contributed by atoms with E-state index in [1.54, 1.807) is 25.3 Å². The molecule has 0 aliphatic rings. The molecule has 0 unspecified atom stereocenters. The Kier molecular flexibility index (Phi) is 2.52. The summed E-state index contributed by atoms with van der Waals surface area (Å²) in [5.41, 5.74) is 1.40. The van der Waals surface area contributed by atoms with Crippen LogP contribution in [0.3, 0.4) is 0 Å². The Balaban J connectivity index is 2.70. The van der Waals surface area contributed by atoms with E-state index >= 15 is 0 Å². The summed E-state index contributed by atoms with van der Waals surface area (Å²) in [6, 6.07) is 7.24. The molecule has 2 rings (SSSR count). The smallest absolute Gasteiger partial charge is 0.260 e. The Morgan fingerprint density at radius 2 is 2.31 bits per heavy atom. The van der Waals surface area contributed by atoms with Gasteiger partial charge in [-0.25, -0.2) is 4.98 Å². The number of nitrogens with zero attached hydrogens (tertiary/aromatic N) is 3. The van der Waals surface area contributed by atoms with Crippen LogP contribution in [0.1, 0.15) is 5.56 Å². The molecule has 0 fully saturated rings. The SMILES string of the molecule is Cn1cnc2ccc(C=CC#N)cc2c1=O. The Morgan fingerprint density at radius 1 is 1.50 bits per heavy atom. The monoisotopic (exact) mass is 211 g/mol. The van der Waals surface area contributed by atoms with Crippen LogP contribution in [0.4, 0.5) is 0 Å². The van der Waals surface area contributed by atoms with Gasteiger partial charge in [-0.05, 0) is 23.8 Å². The van der Waals surface area contributed by atoms with E-state index in [4.69, 9.17) is 5.26 Å². The second-order valence-electron chi connectivity index (χ2n) is 3.40. The van der Waals surface area contributed by atoms with E-state index in [0.29, 0.717) is 10.9 Å². The minimum Gasteiger partial charge on any atom is -0.302 e. The van der Waals surface area contributed by atoms with E-state index in [9.17, 15) is 4.79 Å². The largest absolute Gasteiger partial charge is 0.302 e. The van der Waals surface area contributed by atoms with E-state index in [-0.39, 0.29) is 5.56 Å². The van der Waals surface area contributed by atoms with Crippen LogP contribution in [-0.4, -0.2) is 9.55 Å². The van der Waals surface area contributed by atoms with Gasteiger partial charge in [-0.3, -0.25) is 4.79 Å². The van der Waals surface area contributed by atoms with Crippen molar-refractivity contribution in [2.75, 3.05) is 0 Å². The van der Waals surface area contributed by atoms with Crippen molar-refractivity contribution in [3.05, 3.63) is 46.5 Å². The normalized spacial score (nSPS) is 10.8. The maximum absolute atomic E-state index is 11.8. The molecule has 0 atom stereocenters. The van der Waals surface area contributed by atoms with Crippen molar-refractivity contribution in [3.8, 4) is 6.07 Å². The topological polar surface area (TPSA) is 58.7 Å². The number of benzene rings is 1. The molecule has 0 radical (unpaired) electrons. The Hall–Kier alpha value is -2.41. The van der Waals surface area contributed by atoms with Gasteiger partial charge in [0.2, 0.25) is 0 Å². The van der Waals surface area contributed by atoms with E-state index < -0.39 is 0 Å². The number of aromatic nitrogens is 2. The van der Waals surface area contributed by atoms with Gasteiger partial charge in [-0.15, -0.1) is 0 Å². The van der Waals surface area contributed by atoms with Crippen LogP contribution in [0.25, 0.3) is 17.0 Å². The number of allylic oxidation sites excluding steroid dienone is 1. The first-order chi connectivity index (χ1) is 7.72. The Morgan fingerprint density at radius 3 is 3.06 bits per heavy atom. The summed E-state index contributed by atoms with van der Waals surface area (Å²) in [7, 11) is 1.66. The average molecular weight is 211 g/mol. The van der Waals surface area contributed by atoms with Crippen LogP contribution in [0, 0.1) is 11.3 Å². The van der Waals surface area contributed by atoms with Crippen LogP contribution in [0.15, 0.2) is 35.4 Å². The number of hydrogen-bond donors (Lipinski definition) is 0. The first-order valence-corrected chi connectivity index (χ1v) is 4.74. The van der Waals surface area contributed by atoms with Crippen LogP contribution < -0.4 is 5.56 Å². The van der Waals surface area contributed by atoms with Crippen LogP contribution in [0.5, 0.6) is 0 Å². The molecule has 0 aliphatic heterocycles. The van der Waals surface area contributed by atoms with E-state index in [1.165, 1.54) is 17.0 Å². The fraction of sp³-hybridized carbons (Fsp3) is 0.0833. The van der Waals surface area contributed by atoms with Gasteiger partial charge in [-0.2, -0.15) is 5.26 Å². The molecule has 4 nitrogen and oxygen atoms in total. The summed E-state index contributed by atoms with van der Waals surface area (Å²) < 4.78 is 1.43. The molecule has 2 aromatic rings. The standard InChI is InChI=1S/C12H9N3O/c1-15-8-14-11-5-4-9(3-2-6-13)7-10(11)12(15)16/h2-5,7-8H,1H3. The maximum Gasteiger partial charge on any atom is 0.260 e. The highest BCUT2D eigenvalue weighted by atomic mass is 16.1. The van der Waals surface area contributed by atoms with Crippen molar-refractivity contribution < 1.29 is 0 Å². The van der Waals surface area contributed by atoms with Gasteiger partial charge >= 0.3 is 0 Å². The van der Waals surface area contributed by atoms with Gasteiger partial charge in [0.1, 0.15) is 0 Å². The lowest BCUT2D eigenvalue weighted by Crippen LogP contribution is -2.16. The fourth-order valence-corrected chi connectivity index (χ4v) is 1.47. The number of fused-ring (bicyclic) bond motifs is 1.